The number of nitrogens with one attached hydrogen (secondary N) is 2. The van der Waals surface area contributed by atoms with E-state index in [4.69, 9.17) is 16.1 Å². The van der Waals surface area contributed by atoms with Crippen molar-refractivity contribution in [2.24, 2.45) is 5.92 Å². The maximum atomic E-state index is 13.0. The standard InChI is InChI=1S/C26H30ClN5O3/c1-26(2,3)30-25(34)20-6-4-5-7-21(20)28-24(33)18-12-14-32(15-13-18)16-22-29-23(31-35-22)17-8-10-19(27)11-9-17/h4-11,18H,12-16H2,1-3H3,(H,28,33)(H,30,34). The molecular weight excluding hydrogens is 466 g/mol. The summed E-state index contributed by atoms with van der Waals surface area (Å²) in [4.78, 5) is 32.3. The van der Waals surface area contributed by atoms with Crippen LogP contribution in [0, 0.1) is 5.92 Å². The number of likely N-dealkylation sites (tertiary alicyclic amines) is 1. The number of nitrogens with zero attached hydrogens (tertiary/aromatic N) is 3. The number of hydrogen-bond donors (Lipinski definition) is 2. The predicted molar refractivity (Wildman–Crippen MR) is 135 cm³/mol. The van der Waals surface area contributed by atoms with Crippen LogP contribution in [-0.2, 0) is 11.3 Å². The number of anilines is 1. The molecule has 8 nitrogen and oxygen atoms in total. The van der Waals surface area contributed by atoms with Gasteiger partial charge in [-0.3, -0.25) is 14.5 Å². The quantitative estimate of drug-likeness (QED) is 0.511. The first-order valence-electron chi connectivity index (χ1n) is 11.7. The van der Waals surface area contributed by atoms with E-state index in [0.29, 0.717) is 47.4 Å². The van der Waals surface area contributed by atoms with E-state index < -0.39 is 0 Å². The van der Waals surface area contributed by atoms with Crippen molar-refractivity contribution in [2.45, 2.75) is 45.7 Å². The second-order valence-corrected chi connectivity index (χ2v) is 10.2. The molecule has 9 heteroatoms. The molecule has 2 aromatic carbocycles. The Kier molecular flexibility index (Phi) is 7.52. The van der Waals surface area contributed by atoms with Crippen LogP contribution in [0.3, 0.4) is 0 Å². The zero-order chi connectivity index (χ0) is 25.0. The molecule has 184 valence electrons. The van der Waals surface area contributed by atoms with Crippen LogP contribution in [0.4, 0.5) is 5.69 Å². The number of carbonyl (C=O) groups is 2. The van der Waals surface area contributed by atoms with Gasteiger partial charge in [-0.05, 0) is 83.1 Å². The van der Waals surface area contributed by atoms with Crippen molar-refractivity contribution in [1.29, 1.82) is 0 Å². The van der Waals surface area contributed by atoms with Crippen LogP contribution in [0.5, 0.6) is 0 Å². The summed E-state index contributed by atoms with van der Waals surface area (Å²) in [5.74, 6) is 0.665. The normalized spacial score (nSPS) is 15.1. The van der Waals surface area contributed by atoms with Gasteiger partial charge in [-0.25, -0.2) is 0 Å². The number of benzene rings is 2. The first kappa shape index (κ1) is 24.9. The number of carbonyl (C=O) groups excluding carboxylic acids is 2. The molecule has 1 aromatic heterocycles. The highest BCUT2D eigenvalue weighted by Crippen LogP contribution is 2.24. The van der Waals surface area contributed by atoms with Gasteiger partial charge in [-0.2, -0.15) is 4.98 Å². The molecule has 2 amide bonds. The lowest BCUT2D eigenvalue weighted by atomic mass is 9.95. The number of halogens is 1. The van der Waals surface area contributed by atoms with Crippen LogP contribution in [0.25, 0.3) is 11.4 Å². The van der Waals surface area contributed by atoms with Crippen molar-refractivity contribution < 1.29 is 14.1 Å². The second kappa shape index (κ2) is 10.6. The van der Waals surface area contributed by atoms with Gasteiger partial charge in [0.25, 0.3) is 5.91 Å². The number of aromatic nitrogens is 2. The largest absolute Gasteiger partial charge is 0.347 e. The fourth-order valence-electron chi connectivity index (χ4n) is 4.01. The van der Waals surface area contributed by atoms with Gasteiger partial charge in [0.05, 0.1) is 17.8 Å². The fourth-order valence-corrected chi connectivity index (χ4v) is 4.14. The highest BCUT2D eigenvalue weighted by Gasteiger charge is 2.27. The fraction of sp³-hybridized carbons (Fsp3) is 0.385. The summed E-state index contributed by atoms with van der Waals surface area (Å²) >= 11 is 5.94. The summed E-state index contributed by atoms with van der Waals surface area (Å²) in [5.41, 5.74) is 1.47. The van der Waals surface area contributed by atoms with Crippen molar-refractivity contribution in [3.05, 3.63) is 65.0 Å². The molecule has 0 bridgehead atoms. The van der Waals surface area contributed by atoms with Crippen molar-refractivity contribution in [1.82, 2.24) is 20.4 Å². The van der Waals surface area contributed by atoms with Crippen LogP contribution in [0.1, 0.15) is 49.9 Å². The average Bonchev–Trinajstić information content (AvgIpc) is 3.27. The molecule has 0 atom stereocenters. The number of para-hydroxylation sites is 1. The molecule has 0 saturated carbocycles. The van der Waals surface area contributed by atoms with Gasteiger partial charge < -0.3 is 15.2 Å². The second-order valence-electron chi connectivity index (χ2n) is 9.81. The van der Waals surface area contributed by atoms with Crippen LogP contribution in [0.15, 0.2) is 53.1 Å². The first-order chi connectivity index (χ1) is 16.7. The van der Waals surface area contributed by atoms with Crippen LogP contribution in [0.2, 0.25) is 5.02 Å². The van der Waals surface area contributed by atoms with E-state index in [1.165, 1.54) is 0 Å². The van der Waals surface area contributed by atoms with Crippen LogP contribution >= 0.6 is 11.6 Å². The highest BCUT2D eigenvalue weighted by atomic mass is 35.5. The minimum absolute atomic E-state index is 0.0662. The van der Waals surface area contributed by atoms with Gasteiger partial charge in [0.2, 0.25) is 17.6 Å². The molecule has 1 aliphatic heterocycles. The molecule has 1 fully saturated rings. The Morgan fingerprint density at radius 2 is 1.77 bits per heavy atom. The lowest BCUT2D eigenvalue weighted by Gasteiger charge is -2.30. The van der Waals surface area contributed by atoms with Crippen molar-refractivity contribution in [3.8, 4) is 11.4 Å². The van der Waals surface area contributed by atoms with Gasteiger partial charge in [-0.15, -0.1) is 0 Å². The maximum Gasteiger partial charge on any atom is 0.253 e. The molecule has 1 saturated heterocycles. The van der Waals surface area contributed by atoms with Crippen LogP contribution < -0.4 is 10.6 Å². The Bertz CT molecular complexity index is 1180. The van der Waals surface area contributed by atoms with Gasteiger partial charge in [0.1, 0.15) is 0 Å². The highest BCUT2D eigenvalue weighted by molar-refractivity contribution is 6.30. The summed E-state index contributed by atoms with van der Waals surface area (Å²) in [5, 5.41) is 10.6. The van der Waals surface area contributed by atoms with E-state index >= 15 is 0 Å². The Hall–Kier alpha value is -3.23. The summed E-state index contributed by atoms with van der Waals surface area (Å²) in [6, 6.07) is 14.4. The number of hydrogen-bond acceptors (Lipinski definition) is 6. The van der Waals surface area contributed by atoms with E-state index in [-0.39, 0.29) is 23.3 Å². The Morgan fingerprint density at radius 1 is 1.09 bits per heavy atom. The topological polar surface area (TPSA) is 100 Å². The molecule has 2 heterocycles. The van der Waals surface area contributed by atoms with E-state index in [1.54, 1.807) is 30.3 Å². The maximum absolute atomic E-state index is 13.0. The van der Waals surface area contributed by atoms with Gasteiger partial charge >= 0.3 is 0 Å². The molecule has 0 unspecified atom stereocenters. The van der Waals surface area contributed by atoms with E-state index in [0.717, 1.165) is 18.7 Å². The Labute approximate surface area is 210 Å². The summed E-state index contributed by atoms with van der Waals surface area (Å²) in [6.45, 7) is 7.78. The monoisotopic (exact) mass is 495 g/mol. The van der Waals surface area contributed by atoms with E-state index in [2.05, 4.69) is 25.7 Å². The van der Waals surface area contributed by atoms with E-state index in [1.807, 2.05) is 39.0 Å². The van der Waals surface area contributed by atoms with Crippen LogP contribution in [-0.4, -0.2) is 45.5 Å². The predicted octanol–water partition coefficient (Wildman–Crippen LogP) is 4.77. The van der Waals surface area contributed by atoms with Gasteiger partial charge in [-0.1, -0.05) is 28.9 Å². The van der Waals surface area contributed by atoms with E-state index in [9.17, 15) is 9.59 Å². The summed E-state index contributed by atoms with van der Waals surface area (Å²) in [7, 11) is 0. The van der Waals surface area contributed by atoms with Crippen molar-refractivity contribution in [2.75, 3.05) is 18.4 Å². The molecule has 1 aliphatic rings. The molecule has 3 aromatic rings. The number of amides is 2. The smallest absolute Gasteiger partial charge is 0.253 e. The lowest BCUT2D eigenvalue weighted by molar-refractivity contribution is -0.121. The molecule has 0 radical (unpaired) electrons. The summed E-state index contributed by atoms with van der Waals surface area (Å²) in [6.07, 6.45) is 1.42. The molecule has 2 N–H and O–H groups in total. The minimum Gasteiger partial charge on any atom is -0.347 e. The minimum atomic E-state index is -0.366. The lowest BCUT2D eigenvalue weighted by Crippen LogP contribution is -2.41. The van der Waals surface area contributed by atoms with Crippen molar-refractivity contribution in [3.63, 3.8) is 0 Å². The Morgan fingerprint density at radius 3 is 2.46 bits per heavy atom. The summed E-state index contributed by atoms with van der Waals surface area (Å²) < 4.78 is 5.42. The third-order valence-electron chi connectivity index (χ3n) is 5.81. The molecule has 4 rings (SSSR count). The number of rotatable bonds is 6. The van der Waals surface area contributed by atoms with Gasteiger partial charge in [0.15, 0.2) is 0 Å². The van der Waals surface area contributed by atoms with Gasteiger partial charge in [0, 0.05) is 22.0 Å². The SMILES string of the molecule is CC(C)(C)NC(=O)c1ccccc1NC(=O)C1CCN(Cc2nc(-c3ccc(Cl)cc3)no2)CC1. The van der Waals surface area contributed by atoms with Crippen molar-refractivity contribution >= 4 is 29.1 Å². The molecule has 35 heavy (non-hydrogen) atoms. The average molecular weight is 496 g/mol. The Balaban J connectivity index is 1.31. The molecule has 0 spiro atoms. The molecule has 0 aliphatic carbocycles. The molecular formula is C26H30ClN5O3. The third kappa shape index (κ3) is 6.68. The first-order valence-corrected chi connectivity index (χ1v) is 12.1. The zero-order valence-electron chi connectivity index (χ0n) is 20.2. The zero-order valence-corrected chi connectivity index (χ0v) is 20.9. The number of piperidine rings is 1. The third-order valence-corrected chi connectivity index (χ3v) is 6.06.